The molecule has 1 aliphatic heterocycles. The van der Waals surface area contributed by atoms with Gasteiger partial charge in [0.2, 0.25) is 0 Å². The predicted molar refractivity (Wildman–Crippen MR) is 134 cm³/mol. The summed E-state index contributed by atoms with van der Waals surface area (Å²) in [5, 5.41) is 14.4. The molecular formula is C28H45NO5. The van der Waals surface area contributed by atoms with E-state index in [0.29, 0.717) is 25.5 Å². The monoisotopic (exact) mass is 475 g/mol. The van der Waals surface area contributed by atoms with Crippen LogP contribution in [0.25, 0.3) is 0 Å². The summed E-state index contributed by atoms with van der Waals surface area (Å²) < 4.78 is 25.4. The molecule has 6 heteroatoms. The second kappa shape index (κ2) is 12.6. The fraction of sp³-hybridized carbons (Fsp3) is 0.714. The highest BCUT2D eigenvalue weighted by molar-refractivity contribution is 5.14. The Bertz CT molecular complexity index is 752. The Labute approximate surface area is 206 Å². The summed E-state index contributed by atoms with van der Waals surface area (Å²) in [4.78, 5) is 0. The van der Waals surface area contributed by atoms with Gasteiger partial charge in [0.15, 0.2) is 5.79 Å². The third-order valence-corrected chi connectivity index (χ3v) is 6.66. The molecule has 1 fully saturated rings. The van der Waals surface area contributed by atoms with Crippen molar-refractivity contribution in [2.24, 2.45) is 5.92 Å². The number of benzene rings is 1. The summed E-state index contributed by atoms with van der Waals surface area (Å²) in [6.45, 7) is 13.2. The van der Waals surface area contributed by atoms with Crippen LogP contribution < -0.4 is 5.32 Å². The van der Waals surface area contributed by atoms with Gasteiger partial charge >= 0.3 is 0 Å². The highest BCUT2D eigenvalue weighted by Crippen LogP contribution is 2.37. The Hall–Kier alpha value is -1.28. The second-order valence-electron chi connectivity index (χ2n) is 10.5. The Morgan fingerprint density at radius 3 is 2.44 bits per heavy atom. The lowest BCUT2D eigenvalue weighted by molar-refractivity contribution is -0.163. The van der Waals surface area contributed by atoms with Crippen molar-refractivity contribution in [2.75, 3.05) is 6.61 Å². The van der Waals surface area contributed by atoms with Crippen molar-refractivity contribution in [1.29, 1.82) is 0 Å². The van der Waals surface area contributed by atoms with Crippen molar-refractivity contribution >= 4 is 0 Å². The smallest absolute Gasteiger partial charge is 0.163 e. The van der Waals surface area contributed by atoms with E-state index in [0.717, 1.165) is 12.8 Å². The first-order valence-corrected chi connectivity index (χ1v) is 12.9. The molecule has 34 heavy (non-hydrogen) atoms. The van der Waals surface area contributed by atoms with Crippen LogP contribution in [0.15, 0.2) is 42.5 Å². The predicted octanol–water partition coefficient (Wildman–Crippen LogP) is 4.60. The molecule has 1 heterocycles. The van der Waals surface area contributed by atoms with Gasteiger partial charge in [0.25, 0.3) is 0 Å². The van der Waals surface area contributed by atoms with Gasteiger partial charge in [-0.15, -0.1) is 0 Å². The Morgan fingerprint density at radius 2 is 1.76 bits per heavy atom. The molecule has 6 nitrogen and oxygen atoms in total. The molecule has 1 saturated heterocycles. The number of fused-ring (bicyclic) bond motifs is 1. The fourth-order valence-electron chi connectivity index (χ4n) is 4.86. The van der Waals surface area contributed by atoms with E-state index in [1.54, 1.807) is 0 Å². The summed E-state index contributed by atoms with van der Waals surface area (Å²) in [6.07, 6.45) is 5.52. The van der Waals surface area contributed by atoms with Gasteiger partial charge < -0.3 is 29.4 Å². The molecule has 0 radical (unpaired) electrons. The highest BCUT2D eigenvalue weighted by Gasteiger charge is 2.48. The number of allylic oxidation sites excluding steroid dienone is 1. The standard InChI is InChI=1S/C28H45NO5/c1-7-23(30)26(32-19(2)3)22(29-17-21-14-9-8-10-15-21)18-31-24-16-12-11-13-20(4)25-27(24)34-28(5,6)33-25/h8-12,14-15,19-20,22-27,29-30H,7,13,16-18H2,1-6H3/b12-11-/t20-,22-,23+,24?,25-,26-,27-/m0/s1. The van der Waals surface area contributed by atoms with Crippen LogP contribution in [0.2, 0.25) is 0 Å². The van der Waals surface area contributed by atoms with E-state index in [9.17, 15) is 5.11 Å². The molecule has 0 amide bonds. The van der Waals surface area contributed by atoms with E-state index in [1.807, 2.05) is 52.8 Å². The number of aliphatic hydroxyl groups is 1. The molecule has 2 N–H and O–H groups in total. The largest absolute Gasteiger partial charge is 0.390 e. The van der Waals surface area contributed by atoms with Gasteiger partial charge in [0.05, 0.1) is 37.1 Å². The van der Waals surface area contributed by atoms with E-state index in [4.69, 9.17) is 18.9 Å². The van der Waals surface area contributed by atoms with E-state index < -0.39 is 11.9 Å². The van der Waals surface area contributed by atoms with Crippen LogP contribution >= 0.6 is 0 Å². The van der Waals surface area contributed by atoms with E-state index in [1.165, 1.54) is 5.56 Å². The number of hydrogen-bond donors (Lipinski definition) is 2. The quantitative estimate of drug-likeness (QED) is 0.456. The number of ether oxygens (including phenoxy) is 4. The molecule has 3 rings (SSSR count). The molecule has 2 aliphatic rings. The van der Waals surface area contributed by atoms with Gasteiger partial charge in [-0.3, -0.25) is 0 Å². The molecular weight excluding hydrogens is 430 g/mol. The number of rotatable bonds is 11. The third-order valence-electron chi connectivity index (χ3n) is 6.66. The van der Waals surface area contributed by atoms with Gasteiger partial charge in [0.1, 0.15) is 12.2 Å². The molecule has 0 bridgehead atoms. The number of aliphatic hydroxyl groups excluding tert-OH is 1. The topological polar surface area (TPSA) is 69.2 Å². The zero-order chi connectivity index (χ0) is 24.7. The summed E-state index contributed by atoms with van der Waals surface area (Å²) in [7, 11) is 0. The van der Waals surface area contributed by atoms with Gasteiger partial charge in [0, 0.05) is 6.54 Å². The summed E-state index contributed by atoms with van der Waals surface area (Å²) in [5.74, 6) is -0.275. The van der Waals surface area contributed by atoms with Gasteiger partial charge in [-0.05, 0) is 58.4 Å². The van der Waals surface area contributed by atoms with Crippen LogP contribution in [0.4, 0.5) is 0 Å². The molecule has 0 aromatic heterocycles. The minimum Gasteiger partial charge on any atom is -0.390 e. The van der Waals surface area contributed by atoms with Crippen LogP contribution in [0, 0.1) is 5.92 Å². The summed E-state index contributed by atoms with van der Waals surface area (Å²) in [5.41, 5.74) is 1.18. The van der Waals surface area contributed by atoms with Crippen LogP contribution in [0.5, 0.6) is 0 Å². The fourth-order valence-corrected chi connectivity index (χ4v) is 4.86. The average Bonchev–Trinajstić information content (AvgIpc) is 3.13. The van der Waals surface area contributed by atoms with Crippen LogP contribution in [-0.4, -0.2) is 60.2 Å². The van der Waals surface area contributed by atoms with E-state index in [-0.39, 0.29) is 36.6 Å². The minimum atomic E-state index is -0.623. The molecule has 1 aromatic rings. The lowest BCUT2D eigenvalue weighted by Crippen LogP contribution is -2.52. The molecule has 1 aliphatic carbocycles. The van der Waals surface area contributed by atoms with Crippen LogP contribution in [-0.2, 0) is 25.5 Å². The van der Waals surface area contributed by atoms with Crippen molar-refractivity contribution in [3.63, 3.8) is 0 Å². The average molecular weight is 476 g/mol. The molecule has 192 valence electrons. The maximum absolute atomic E-state index is 10.8. The third kappa shape index (κ3) is 7.61. The van der Waals surface area contributed by atoms with Crippen molar-refractivity contribution in [2.45, 2.75) is 116 Å². The summed E-state index contributed by atoms with van der Waals surface area (Å²) in [6, 6.07) is 10.1. The Morgan fingerprint density at radius 1 is 1.09 bits per heavy atom. The molecule has 0 spiro atoms. The first-order chi connectivity index (χ1) is 16.2. The molecule has 1 aromatic carbocycles. The minimum absolute atomic E-state index is 0.00542. The zero-order valence-corrected chi connectivity index (χ0v) is 21.8. The molecule has 1 unspecified atom stereocenters. The number of nitrogens with one attached hydrogen (secondary N) is 1. The lowest BCUT2D eigenvalue weighted by atomic mass is 9.90. The Kier molecular flexibility index (Phi) is 10.1. The van der Waals surface area contributed by atoms with Gasteiger partial charge in [-0.25, -0.2) is 0 Å². The zero-order valence-electron chi connectivity index (χ0n) is 21.8. The van der Waals surface area contributed by atoms with Crippen molar-refractivity contribution in [1.82, 2.24) is 5.32 Å². The van der Waals surface area contributed by atoms with Gasteiger partial charge in [-0.1, -0.05) is 56.3 Å². The SMILES string of the molecule is CC[C@@H](O)[C@@H](OC(C)C)[C@H](COC1C/C=C\C[C@H](C)[C@@H]2OC(C)(C)O[C@@H]12)NCc1ccccc1. The highest BCUT2D eigenvalue weighted by atomic mass is 16.8. The normalized spacial score (nSPS) is 30.2. The van der Waals surface area contributed by atoms with Crippen molar-refractivity contribution < 1.29 is 24.1 Å². The molecule has 7 atom stereocenters. The first kappa shape index (κ1) is 27.3. The van der Waals surface area contributed by atoms with Crippen molar-refractivity contribution in [3.05, 3.63) is 48.0 Å². The van der Waals surface area contributed by atoms with Crippen LogP contribution in [0.3, 0.4) is 0 Å². The van der Waals surface area contributed by atoms with E-state index in [2.05, 4.69) is 36.5 Å². The first-order valence-electron chi connectivity index (χ1n) is 12.9. The molecule has 0 saturated carbocycles. The van der Waals surface area contributed by atoms with Gasteiger partial charge in [-0.2, -0.15) is 0 Å². The maximum Gasteiger partial charge on any atom is 0.163 e. The van der Waals surface area contributed by atoms with E-state index >= 15 is 0 Å². The maximum atomic E-state index is 10.8. The summed E-state index contributed by atoms with van der Waals surface area (Å²) >= 11 is 0. The van der Waals surface area contributed by atoms with Crippen LogP contribution in [0.1, 0.15) is 66.4 Å². The second-order valence-corrected chi connectivity index (χ2v) is 10.5. The van der Waals surface area contributed by atoms with Crippen molar-refractivity contribution in [3.8, 4) is 0 Å². The lowest BCUT2D eigenvalue weighted by Gasteiger charge is -2.35. The number of hydrogen-bond acceptors (Lipinski definition) is 6. The Balaban J connectivity index is 1.76.